The Bertz CT molecular complexity index is 932. The number of aromatic nitrogens is 1. The second-order valence-corrected chi connectivity index (χ2v) is 9.36. The molecule has 1 atom stereocenters. The average molecular weight is 452 g/mol. The minimum Gasteiger partial charge on any atom is -0.264 e. The molecule has 1 aliphatic heterocycles. The molecular formula is C18H27B9FN2O2S-2. The summed E-state index contributed by atoms with van der Waals surface area (Å²) in [6.07, 6.45) is 8.40. The van der Waals surface area contributed by atoms with Gasteiger partial charge in [0.2, 0.25) is 10.0 Å². The number of aryl methyl sites for hydroxylation is 1. The van der Waals surface area contributed by atoms with E-state index in [2.05, 4.69) is 12.0 Å². The maximum atomic E-state index is 13.1. The van der Waals surface area contributed by atoms with Gasteiger partial charge in [-0.2, -0.15) is 11.4 Å². The molecule has 0 bridgehead atoms. The molecule has 1 aromatic carbocycles. The highest BCUT2D eigenvalue weighted by molar-refractivity contribution is 7.93. The van der Waals surface area contributed by atoms with E-state index in [0.717, 1.165) is 37.7 Å². The summed E-state index contributed by atoms with van der Waals surface area (Å²) in [5, 5.41) is 0. The van der Waals surface area contributed by atoms with Gasteiger partial charge in [0.1, 0.15) is 5.82 Å². The Labute approximate surface area is 206 Å². The molecule has 0 saturated carbocycles. The third kappa shape index (κ3) is 8.50. The van der Waals surface area contributed by atoms with Crippen molar-refractivity contribution in [2.75, 3.05) is 6.54 Å². The van der Waals surface area contributed by atoms with Crippen molar-refractivity contribution < 1.29 is 12.8 Å². The molecule has 2 aromatic rings. The van der Waals surface area contributed by atoms with E-state index in [1.165, 1.54) is 24.3 Å². The van der Waals surface area contributed by atoms with E-state index in [9.17, 15) is 12.8 Å². The zero-order chi connectivity index (χ0) is 24.4. The standard InChI is InChI=1S/C18H21FN2O2S.B9H6/c19-16-7-10-18(11-8-16)24(22,23)21-13-2-1-5-17(21)9-6-15-4-3-12-20-14-15;1-6-9(7(2)3)8(4)5/h3-4,7-8,10-12,14,17H,1-2,5-6,9,13H2;1-2H3/q;-2. The lowest BCUT2D eigenvalue weighted by Crippen LogP contribution is -2.55. The molecule has 1 fully saturated rings. The molecule has 0 amide bonds. The fourth-order valence-electron chi connectivity index (χ4n) is 3.33. The van der Waals surface area contributed by atoms with Crippen molar-refractivity contribution >= 4 is 74.9 Å². The summed E-state index contributed by atoms with van der Waals surface area (Å²) < 4.78 is 40.5. The lowest BCUT2D eigenvalue weighted by atomic mass is 8.64. The number of rotatable bonds is 8. The molecule has 7 radical (unpaired) electrons. The van der Waals surface area contributed by atoms with E-state index in [1.807, 2.05) is 18.3 Å². The fraction of sp³-hybridized carbons (Fsp3) is 0.389. The first-order valence-electron chi connectivity index (χ1n) is 10.2. The minimum absolute atomic E-state index is 0.0194. The summed E-state index contributed by atoms with van der Waals surface area (Å²) in [6, 6.07) is 8.96. The first-order chi connectivity index (χ1) is 15.7. The smallest absolute Gasteiger partial charge is 0.243 e. The molecule has 0 N–H and O–H groups in total. The number of hydrogen-bond acceptors (Lipinski definition) is 3. The summed E-state index contributed by atoms with van der Waals surface area (Å²) in [4.78, 5) is 4.27. The van der Waals surface area contributed by atoms with Crippen LogP contribution in [0.1, 0.15) is 31.2 Å². The van der Waals surface area contributed by atoms with Crippen molar-refractivity contribution in [2.45, 2.75) is 43.0 Å². The van der Waals surface area contributed by atoms with Crippen molar-refractivity contribution in [2.24, 2.45) is 0 Å². The van der Waals surface area contributed by atoms with Crippen LogP contribution >= 0.6 is 0 Å². The van der Waals surface area contributed by atoms with E-state index in [-0.39, 0.29) is 25.1 Å². The minimum atomic E-state index is -3.58. The number of sulfonamides is 1. The van der Waals surface area contributed by atoms with Gasteiger partial charge in [0.25, 0.3) is 0 Å². The second-order valence-electron chi connectivity index (χ2n) is 7.47. The third-order valence-corrected chi connectivity index (χ3v) is 7.12. The zero-order valence-corrected chi connectivity index (χ0v) is 18.3. The normalized spacial score (nSPS) is 16.3. The van der Waals surface area contributed by atoms with E-state index in [0.29, 0.717) is 27.1 Å². The monoisotopic (exact) mass is 453 g/mol. The number of hydrogen-bond donors (Lipinski definition) is 0. The van der Waals surface area contributed by atoms with Crippen molar-refractivity contribution in [1.29, 1.82) is 0 Å². The van der Waals surface area contributed by atoms with E-state index < -0.39 is 15.8 Å². The fourth-order valence-corrected chi connectivity index (χ4v) is 5.05. The average Bonchev–Trinajstić information content (AvgIpc) is 2.79. The van der Waals surface area contributed by atoms with Crippen LogP contribution in [0.4, 0.5) is 4.39 Å². The molecule has 2 heterocycles. The Kier molecular flexibility index (Phi) is 11.6. The lowest BCUT2D eigenvalue weighted by Gasteiger charge is -2.34. The van der Waals surface area contributed by atoms with Crippen LogP contribution in [0, 0.1) is 5.82 Å². The van der Waals surface area contributed by atoms with Gasteiger partial charge in [-0.25, -0.2) is 12.8 Å². The molecule has 1 saturated heterocycles. The van der Waals surface area contributed by atoms with Crippen LogP contribution in [0.15, 0.2) is 53.7 Å². The Hall–Kier alpha value is -1.21. The van der Waals surface area contributed by atoms with Crippen molar-refractivity contribution in [3.05, 3.63) is 60.2 Å². The largest absolute Gasteiger partial charge is 0.264 e. The van der Waals surface area contributed by atoms with Crippen molar-refractivity contribution in [3.63, 3.8) is 0 Å². The molecule has 15 heteroatoms. The number of nitrogens with zero attached hydrogens (tertiary/aromatic N) is 2. The van der Waals surface area contributed by atoms with Crippen LogP contribution < -0.4 is 0 Å². The molecule has 4 nitrogen and oxygen atoms in total. The molecule has 163 valence electrons. The Balaban J connectivity index is 0.000000365. The molecule has 1 aromatic heterocycles. The topological polar surface area (TPSA) is 50.3 Å². The van der Waals surface area contributed by atoms with E-state index in [1.54, 1.807) is 10.5 Å². The molecular weight excluding hydrogens is 425 g/mol. The first-order valence-corrected chi connectivity index (χ1v) is 11.7. The maximum Gasteiger partial charge on any atom is 0.243 e. The van der Waals surface area contributed by atoms with Gasteiger partial charge >= 0.3 is 0 Å². The van der Waals surface area contributed by atoms with Gasteiger partial charge in [0, 0.05) is 25.0 Å². The van der Waals surface area contributed by atoms with Gasteiger partial charge in [-0.1, -0.05) is 34.3 Å². The second kappa shape index (κ2) is 13.6. The summed E-state index contributed by atoms with van der Waals surface area (Å²) >= 11 is 0. The van der Waals surface area contributed by atoms with Crippen LogP contribution in [0.3, 0.4) is 0 Å². The highest BCUT2D eigenvalue weighted by Crippen LogP contribution is 2.28. The Morgan fingerprint density at radius 1 is 1.18 bits per heavy atom. The molecule has 33 heavy (non-hydrogen) atoms. The van der Waals surface area contributed by atoms with E-state index >= 15 is 0 Å². The van der Waals surface area contributed by atoms with Crippen LogP contribution in [-0.4, -0.2) is 95.2 Å². The predicted octanol–water partition coefficient (Wildman–Crippen LogP) is -1.64. The van der Waals surface area contributed by atoms with Crippen LogP contribution in [0.2, 0.25) is 0 Å². The predicted molar refractivity (Wildman–Crippen MR) is 151 cm³/mol. The Morgan fingerprint density at radius 2 is 1.88 bits per heavy atom. The molecule has 1 unspecified atom stereocenters. The van der Waals surface area contributed by atoms with Crippen molar-refractivity contribution in [1.82, 2.24) is 9.29 Å². The Morgan fingerprint density at radius 3 is 2.39 bits per heavy atom. The highest BCUT2D eigenvalue weighted by Gasteiger charge is 2.33. The summed E-state index contributed by atoms with van der Waals surface area (Å²) in [5.41, 5.74) is 1.11. The lowest BCUT2D eigenvalue weighted by molar-refractivity contribution is 0.241. The van der Waals surface area contributed by atoms with Crippen LogP contribution in [0.25, 0.3) is 0 Å². The van der Waals surface area contributed by atoms with Crippen LogP contribution in [-0.2, 0) is 16.4 Å². The van der Waals surface area contributed by atoms with Gasteiger partial charge in [-0.3, -0.25) is 4.98 Å². The number of benzene rings is 1. The van der Waals surface area contributed by atoms with Crippen LogP contribution in [0.5, 0.6) is 0 Å². The summed E-state index contributed by atoms with van der Waals surface area (Å²) in [6.45, 7) is 0.525. The van der Waals surface area contributed by atoms with Gasteiger partial charge in [-0.15, -0.1) is 6.39 Å². The van der Waals surface area contributed by atoms with Gasteiger partial charge in [0.05, 0.1) is 4.90 Å². The maximum absolute atomic E-state index is 13.1. The summed E-state index contributed by atoms with van der Waals surface area (Å²) in [7, 11) is 15.9. The molecule has 0 aliphatic carbocycles. The van der Waals surface area contributed by atoms with Gasteiger partial charge in [0.15, 0.2) is 0 Å². The summed E-state index contributed by atoms with van der Waals surface area (Å²) in [5.74, 6) is -0.430. The number of pyridine rings is 1. The number of piperidine rings is 1. The van der Waals surface area contributed by atoms with Gasteiger partial charge < -0.3 is 0 Å². The van der Waals surface area contributed by atoms with Crippen molar-refractivity contribution in [3.8, 4) is 0 Å². The third-order valence-electron chi connectivity index (χ3n) is 5.15. The zero-order valence-electron chi connectivity index (χ0n) is 17.5. The molecule has 0 spiro atoms. The number of halogens is 1. The quantitative estimate of drug-likeness (QED) is 0.453. The highest BCUT2D eigenvalue weighted by atomic mass is 32.2. The first kappa shape index (κ1) is 28.0. The van der Waals surface area contributed by atoms with E-state index in [4.69, 9.17) is 23.2 Å². The molecule has 1 aliphatic rings. The molecule has 3 rings (SSSR count). The van der Waals surface area contributed by atoms with Gasteiger partial charge in [-0.05, 0) is 91.2 Å². The SMILES string of the molecule is O=S(=O)(c1ccc(F)cc1)N1CCCCC1CCc1cccnc1.[B]B([B])B([B][BH3-])B([B])[BH3-].